The van der Waals surface area contributed by atoms with E-state index in [1.165, 1.54) is 10.7 Å². The number of aryl methyl sites for hydroxylation is 1. The van der Waals surface area contributed by atoms with Crippen molar-refractivity contribution in [2.45, 2.75) is 25.9 Å². The van der Waals surface area contributed by atoms with Crippen molar-refractivity contribution < 1.29 is 9.21 Å². The van der Waals surface area contributed by atoms with Crippen LogP contribution in [0.1, 0.15) is 18.4 Å². The molecule has 134 valence electrons. The van der Waals surface area contributed by atoms with Crippen LogP contribution in [0.3, 0.4) is 0 Å². The van der Waals surface area contributed by atoms with E-state index in [4.69, 9.17) is 4.42 Å². The molecule has 0 radical (unpaired) electrons. The predicted octanol–water partition coefficient (Wildman–Crippen LogP) is 3.20. The van der Waals surface area contributed by atoms with E-state index >= 15 is 0 Å². The zero-order valence-corrected chi connectivity index (χ0v) is 16.2. The largest absolute Gasteiger partial charge is 0.463 e. The SMILES string of the molecule is O=C(CCCn1nc(-c2ccco2)ccc1=O)NCc1ccc(I)cc1. The van der Waals surface area contributed by atoms with Crippen molar-refractivity contribution in [3.63, 3.8) is 0 Å². The van der Waals surface area contributed by atoms with E-state index in [2.05, 4.69) is 33.0 Å². The maximum atomic E-state index is 12.0. The van der Waals surface area contributed by atoms with Gasteiger partial charge in [-0.2, -0.15) is 5.10 Å². The van der Waals surface area contributed by atoms with E-state index in [1.807, 2.05) is 24.3 Å². The van der Waals surface area contributed by atoms with Crippen LogP contribution in [-0.4, -0.2) is 15.7 Å². The minimum Gasteiger partial charge on any atom is -0.463 e. The summed E-state index contributed by atoms with van der Waals surface area (Å²) >= 11 is 2.24. The van der Waals surface area contributed by atoms with Gasteiger partial charge in [0.1, 0.15) is 5.69 Å². The van der Waals surface area contributed by atoms with E-state index in [9.17, 15) is 9.59 Å². The number of halogens is 1. The predicted molar refractivity (Wildman–Crippen MR) is 106 cm³/mol. The first kappa shape index (κ1) is 18.4. The summed E-state index contributed by atoms with van der Waals surface area (Å²) in [4.78, 5) is 23.9. The Hall–Kier alpha value is -2.42. The third-order valence-corrected chi connectivity index (χ3v) is 4.54. The molecule has 0 unspecified atom stereocenters. The molecule has 0 aliphatic carbocycles. The molecule has 0 aliphatic rings. The number of carbonyl (C=O) groups excluding carboxylic acids is 1. The minimum absolute atomic E-state index is 0.0428. The fourth-order valence-electron chi connectivity index (χ4n) is 2.45. The zero-order chi connectivity index (χ0) is 18.4. The Bertz CT molecular complexity index is 918. The second-order valence-electron chi connectivity index (χ2n) is 5.76. The molecule has 26 heavy (non-hydrogen) atoms. The molecule has 0 spiro atoms. The van der Waals surface area contributed by atoms with Crippen LogP contribution in [0.25, 0.3) is 11.5 Å². The van der Waals surface area contributed by atoms with Crippen LogP contribution in [0.5, 0.6) is 0 Å². The molecule has 2 aromatic heterocycles. The van der Waals surface area contributed by atoms with Crippen molar-refractivity contribution in [1.29, 1.82) is 0 Å². The van der Waals surface area contributed by atoms with Crippen molar-refractivity contribution in [1.82, 2.24) is 15.1 Å². The van der Waals surface area contributed by atoms with E-state index in [0.717, 1.165) is 9.13 Å². The van der Waals surface area contributed by atoms with E-state index in [0.29, 0.717) is 37.4 Å². The Morgan fingerprint density at radius 3 is 2.69 bits per heavy atom. The second kappa shape index (κ2) is 8.79. The average molecular weight is 463 g/mol. The first-order valence-electron chi connectivity index (χ1n) is 8.25. The van der Waals surface area contributed by atoms with Gasteiger partial charge < -0.3 is 9.73 Å². The fourth-order valence-corrected chi connectivity index (χ4v) is 2.81. The minimum atomic E-state index is -0.195. The highest BCUT2D eigenvalue weighted by Crippen LogP contribution is 2.15. The summed E-state index contributed by atoms with van der Waals surface area (Å²) in [7, 11) is 0. The summed E-state index contributed by atoms with van der Waals surface area (Å²) in [5.41, 5.74) is 1.46. The lowest BCUT2D eigenvalue weighted by molar-refractivity contribution is -0.121. The molecule has 0 fully saturated rings. The molecule has 0 saturated heterocycles. The van der Waals surface area contributed by atoms with E-state index in [1.54, 1.807) is 24.5 Å². The summed E-state index contributed by atoms with van der Waals surface area (Å²) in [6.07, 6.45) is 2.43. The lowest BCUT2D eigenvalue weighted by Crippen LogP contribution is -2.25. The molecule has 0 aliphatic heterocycles. The van der Waals surface area contributed by atoms with Gasteiger partial charge in [0, 0.05) is 29.1 Å². The number of benzene rings is 1. The third-order valence-electron chi connectivity index (χ3n) is 3.82. The summed E-state index contributed by atoms with van der Waals surface area (Å²) in [6.45, 7) is 0.881. The van der Waals surface area contributed by atoms with Crippen molar-refractivity contribution >= 4 is 28.5 Å². The lowest BCUT2D eigenvalue weighted by Gasteiger charge is -2.07. The number of aromatic nitrogens is 2. The molecule has 0 saturated carbocycles. The van der Waals surface area contributed by atoms with Crippen LogP contribution in [0.2, 0.25) is 0 Å². The number of nitrogens with zero attached hydrogens (tertiary/aromatic N) is 2. The number of rotatable bonds is 7. The molecular weight excluding hydrogens is 445 g/mol. The van der Waals surface area contributed by atoms with Gasteiger partial charge in [0.2, 0.25) is 5.91 Å². The van der Waals surface area contributed by atoms with Crippen LogP contribution in [-0.2, 0) is 17.9 Å². The van der Waals surface area contributed by atoms with Crippen LogP contribution < -0.4 is 10.9 Å². The standard InChI is InChI=1S/C19H18IN3O3/c20-15-7-5-14(6-8-15)13-21-18(24)4-1-11-23-19(25)10-9-16(22-23)17-3-2-12-26-17/h2-3,5-10,12H,1,4,11,13H2,(H,21,24). The van der Waals surface area contributed by atoms with Gasteiger partial charge in [-0.15, -0.1) is 0 Å². The Labute approximate surface area is 164 Å². The summed E-state index contributed by atoms with van der Waals surface area (Å²) in [5, 5.41) is 7.18. The topological polar surface area (TPSA) is 77.1 Å². The van der Waals surface area contributed by atoms with Gasteiger partial charge in [-0.1, -0.05) is 12.1 Å². The van der Waals surface area contributed by atoms with E-state index < -0.39 is 0 Å². The van der Waals surface area contributed by atoms with Crippen LogP contribution >= 0.6 is 22.6 Å². The average Bonchev–Trinajstić information content (AvgIpc) is 3.17. The highest BCUT2D eigenvalue weighted by molar-refractivity contribution is 14.1. The molecular formula is C19H18IN3O3. The summed E-state index contributed by atoms with van der Waals surface area (Å²) in [6, 6.07) is 14.6. The summed E-state index contributed by atoms with van der Waals surface area (Å²) in [5.74, 6) is 0.563. The van der Waals surface area contributed by atoms with E-state index in [-0.39, 0.29) is 11.5 Å². The number of hydrogen-bond acceptors (Lipinski definition) is 4. The number of hydrogen-bond donors (Lipinski definition) is 1. The van der Waals surface area contributed by atoms with Crippen molar-refractivity contribution in [2.75, 3.05) is 0 Å². The van der Waals surface area contributed by atoms with Gasteiger partial charge in [0.25, 0.3) is 5.56 Å². The first-order chi connectivity index (χ1) is 12.6. The lowest BCUT2D eigenvalue weighted by atomic mass is 10.2. The number of nitrogens with one attached hydrogen (secondary N) is 1. The zero-order valence-electron chi connectivity index (χ0n) is 14.0. The van der Waals surface area contributed by atoms with Crippen molar-refractivity contribution in [3.8, 4) is 11.5 Å². The van der Waals surface area contributed by atoms with Gasteiger partial charge in [0.05, 0.1) is 6.26 Å². The highest BCUT2D eigenvalue weighted by atomic mass is 127. The summed E-state index contributed by atoms with van der Waals surface area (Å²) < 4.78 is 7.82. The van der Waals surface area contributed by atoms with Crippen LogP contribution in [0.15, 0.2) is 64.0 Å². The molecule has 1 N–H and O–H groups in total. The fraction of sp³-hybridized carbons (Fsp3) is 0.211. The maximum absolute atomic E-state index is 12.0. The molecule has 0 atom stereocenters. The maximum Gasteiger partial charge on any atom is 0.266 e. The number of carbonyl (C=O) groups is 1. The van der Waals surface area contributed by atoms with Crippen LogP contribution in [0.4, 0.5) is 0 Å². The molecule has 1 amide bonds. The van der Waals surface area contributed by atoms with Gasteiger partial charge in [-0.25, -0.2) is 4.68 Å². The Morgan fingerprint density at radius 2 is 1.96 bits per heavy atom. The van der Waals surface area contributed by atoms with Crippen molar-refractivity contribution in [3.05, 3.63) is 74.3 Å². The molecule has 0 bridgehead atoms. The third kappa shape index (κ3) is 5.04. The Balaban J connectivity index is 1.49. The monoisotopic (exact) mass is 463 g/mol. The van der Waals surface area contributed by atoms with Gasteiger partial charge in [0.15, 0.2) is 5.76 Å². The smallest absolute Gasteiger partial charge is 0.266 e. The number of furan rings is 1. The first-order valence-corrected chi connectivity index (χ1v) is 9.33. The molecule has 6 nitrogen and oxygen atoms in total. The van der Waals surface area contributed by atoms with Gasteiger partial charge in [-0.05, 0) is 64.9 Å². The molecule has 1 aromatic carbocycles. The number of amides is 1. The molecule has 3 rings (SSSR count). The second-order valence-corrected chi connectivity index (χ2v) is 7.01. The van der Waals surface area contributed by atoms with Gasteiger partial charge in [-0.3, -0.25) is 9.59 Å². The van der Waals surface area contributed by atoms with Crippen LogP contribution in [0, 0.1) is 3.57 Å². The molecule has 2 heterocycles. The highest BCUT2D eigenvalue weighted by Gasteiger charge is 2.07. The van der Waals surface area contributed by atoms with Gasteiger partial charge >= 0.3 is 0 Å². The quantitative estimate of drug-likeness (QED) is 0.547. The normalized spacial score (nSPS) is 10.7. The molecule has 7 heteroatoms. The molecule has 3 aromatic rings. The Morgan fingerprint density at radius 1 is 1.15 bits per heavy atom. The Kier molecular flexibility index (Phi) is 6.21. The van der Waals surface area contributed by atoms with Crippen molar-refractivity contribution in [2.24, 2.45) is 0 Å².